The highest BCUT2D eigenvalue weighted by atomic mass is 32.2. The van der Waals surface area contributed by atoms with E-state index < -0.39 is 5.97 Å². The first kappa shape index (κ1) is 12.9. The number of nitrogens with zero attached hydrogens (tertiary/aromatic N) is 4. The van der Waals surface area contributed by atoms with Crippen LogP contribution in [0.4, 0.5) is 0 Å². The van der Waals surface area contributed by atoms with Crippen molar-refractivity contribution in [2.24, 2.45) is 0 Å². The van der Waals surface area contributed by atoms with Crippen LogP contribution >= 0.6 is 23.3 Å². The molecule has 0 aliphatic rings. The molecule has 0 amide bonds. The molecule has 0 aliphatic heterocycles. The van der Waals surface area contributed by atoms with Crippen LogP contribution in [0, 0.1) is 6.92 Å². The molecule has 2 aromatic heterocycles. The third-order valence-corrected chi connectivity index (χ3v) is 4.40. The van der Waals surface area contributed by atoms with Crippen molar-refractivity contribution in [1.82, 2.24) is 19.3 Å². The monoisotopic (exact) mass is 304 g/mol. The van der Waals surface area contributed by atoms with E-state index in [1.807, 2.05) is 6.92 Å². The number of carbonyl (C=O) groups is 1. The quantitative estimate of drug-likeness (QED) is 0.744. The van der Waals surface area contributed by atoms with Crippen molar-refractivity contribution in [2.75, 3.05) is 0 Å². The number of carboxylic acid groups (broad SMARTS) is 1. The number of hydrogen-bond donors (Lipinski definition) is 1. The zero-order valence-corrected chi connectivity index (χ0v) is 11.9. The van der Waals surface area contributed by atoms with Gasteiger partial charge in [-0.05, 0) is 48.4 Å². The molecule has 0 unspecified atom stereocenters. The second kappa shape index (κ2) is 5.14. The van der Waals surface area contributed by atoms with E-state index in [9.17, 15) is 4.79 Å². The van der Waals surface area contributed by atoms with Crippen LogP contribution in [0.2, 0.25) is 0 Å². The maximum absolute atomic E-state index is 11.0. The molecule has 2 heterocycles. The van der Waals surface area contributed by atoms with Gasteiger partial charge in [0.25, 0.3) is 0 Å². The summed E-state index contributed by atoms with van der Waals surface area (Å²) in [5.74, 6) is -0.247. The molecule has 1 N–H and O–H groups in total. The predicted octanol–water partition coefficient (Wildman–Crippen LogP) is 2.64. The Hall–Kier alpha value is -2.06. The van der Waals surface area contributed by atoms with Crippen molar-refractivity contribution in [3.05, 3.63) is 35.9 Å². The highest BCUT2D eigenvalue weighted by Crippen LogP contribution is 2.32. The van der Waals surface area contributed by atoms with E-state index in [0.717, 1.165) is 20.6 Å². The van der Waals surface area contributed by atoms with E-state index in [1.54, 1.807) is 12.1 Å². The van der Waals surface area contributed by atoms with Gasteiger partial charge in [0.1, 0.15) is 17.2 Å². The van der Waals surface area contributed by atoms with Gasteiger partial charge in [0.2, 0.25) is 0 Å². The fourth-order valence-electron chi connectivity index (χ4n) is 1.65. The number of aryl methyl sites for hydroxylation is 1. The third-order valence-electron chi connectivity index (χ3n) is 2.54. The number of hydrogen-bond acceptors (Lipinski definition) is 7. The van der Waals surface area contributed by atoms with Crippen LogP contribution in [0.25, 0.3) is 10.9 Å². The summed E-state index contributed by atoms with van der Waals surface area (Å²) in [6.07, 6.45) is 1.42. The van der Waals surface area contributed by atoms with E-state index >= 15 is 0 Å². The molecule has 6 nitrogen and oxygen atoms in total. The van der Waals surface area contributed by atoms with Crippen LogP contribution in [0.5, 0.6) is 0 Å². The number of carboxylic acids is 1. The Labute approximate surface area is 122 Å². The Morgan fingerprint density at radius 1 is 1.35 bits per heavy atom. The van der Waals surface area contributed by atoms with Crippen molar-refractivity contribution in [3.63, 3.8) is 0 Å². The normalized spacial score (nSPS) is 10.8. The van der Waals surface area contributed by atoms with E-state index in [4.69, 9.17) is 5.11 Å². The largest absolute Gasteiger partial charge is 0.478 e. The van der Waals surface area contributed by atoms with Gasteiger partial charge >= 0.3 is 5.97 Å². The van der Waals surface area contributed by atoms with Crippen molar-refractivity contribution in [2.45, 2.75) is 16.3 Å². The summed E-state index contributed by atoms with van der Waals surface area (Å²) in [5.41, 5.74) is 0.808. The van der Waals surface area contributed by atoms with Crippen LogP contribution in [0.15, 0.2) is 33.9 Å². The van der Waals surface area contributed by atoms with Gasteiger partial charge in [-0.15, -0.1) is 0 Å². The van der Waals surface area contributed by atoms with Crippen molar-refractivity contribution < 1.29 is 9.90 Å². The minimum atomic E-state index is -0.973. The zero-order chi connectivity index (χ0) is 14.1. The maximum Gasteiger partial charge on any atom is 0.335 e. The first-order valence-electron chi connectivity index (χ1n) is 5.60. The molecule has 0 fully saturated rings. The van der Waals surface area contributed by atoms with Gasteiger partial charge in [0.15, 0.2) is 4.34 Å². The Morgan fingerprint density at radius 3 is 2.90 bits per heavy atom. The lowest BCUT2D eigenvalue weighted by atomic mass is 10.1. The zero-order valence-electron chi connectivity index (χ0n) is 10.3. The van der Waals surface area contributed by atoms with Crippen LogP contribution in [0.3, 0.4) is 0 Å². The minimum absolute atomic E-state index is 0.207. The van der Waals surface area contributed by atoms with Crippen LogP contribution < -0.4 is 0 Å². The van der Waals surface area contributed by atoms with Crippen molar-refractivity contribution >= 4 is 40.2 Å². The molecule has 0 saturated heterocycles. The Kier molecular flexibility index (Phi) is 3.33. The summed E-state index contributed by atoms with van der Waals surface area (Å²) in [6.45, 7) is 1.83. The molecule has 0 radical (unpaired) electrons. The molecule has 0 saturated carbocycles. The second-order valence-electron chi connectivity index (χ2n) is 3.93. The Morgan fingerprint density at radius 2 is 2.20 bits per heavy atom. The number of aromatic carboxylic acids is 1. The Bertz CT molecular complexity index is 803. The number of fused-ring (bicyclic) bond motifs is 1. The van der Waals surface area contributed by atoms with Crippen LogP contribution in [0.1, 0.15) is 16.2 Å². The summed E-state index contributed by atoms with van der Waals surface area (Å²) < 4.78 is 4.91. The third kappa shape index (κ3) is 2.47. The molecular weight excluding hydrogens is 296 g/mol. The van der Waals surface area contributed by atoms with Gasteiger partial charge in [-0.1, -0.05) is 0 Å². The van der Waals surface area contributed by atoms with Crippen LogP contribution in [-0.4, -0.2) is 30.4 Å². The lowest BCUT2D eigenvalue weighted by Crippen LogP contribution is -1.96. The lowest BCUT2D eigenvalue weighted by Gasteiger charge is -2.03. The maximum atomic E-state index is 11.0. The molecule has 8 heteroatoms. The summed E-state index contributed by atoms with van der Waals surface area (Å²) in [6, 6.07) is 4.80. The lowest BCUT2D eigenvalue weighted by molar-refractivity contribution is 0.0697. The predicted molar refractivity (Wildman–Crippen MR) is 75.3 cm³/mol. The molecule has 3 aromatic rings. The van der Waals surface area contributed by atoms with E-state index in [0.29, 0.717) is 5.52 Å². The number of benzene rings is 1. The first-order chi connectivity index (χ1) is 9.63. The average Bonchev–Trinajstić information content (AvgIpc) is 2.84. The molecular formula is C12H8N4O2S2. The molecule has 0 bridgehead atoms. The molecule has 0 aliphatic carbocycles. The van der Waals surface area contributed by atoms with E-state index in [-0.39, 0.29) is 5.56 Å². The second-order valence-corrected chi connectivity index (χ2v) is 5.91. The molecule has 100 valence electrons. The van der Waals surface area contributed by atoms with E-state index in [2.05, 4.69) is 19.3 Å². The molecule has 0 spiro atoms. The minimum Gasteiger partial charge on any atom is -0.478 e. The molecule has 1 aromatic carbocycles. The fraction of sp³-hybridized carbons (Fsp3) is 0.0833. The molecule has 0 atom stereocenters. The van der Waals surface area contributed by atoms with Crippen molar-refractivity contribution in [3.8, 4) is 0 Å². The van der Waals surface area contributed by atoms with Gasteiger partial charge in [-0.3, -0.25) is 0 Å². The fourth-order valence-corrected chi connectivity index (χ4v) is 3.30. The summed E-state index contributed by atoms with van der Waals surface area (Å²) >= 11 is 2.71. The summed E-state index contributed by atoms with van der Waals surface area (Å²) in [4.78, 5) is 23.6. The topological polar surface area (TPSA) is 88.9 Å². The standard InChI is InChI=1S/C12H8N4O2S2/c1-6-15-12(20-16-6)19-10-8-3-2-7(11(17)18)4-9(8)13-5-14-10/h2-5H,1H3,(H,17,18). The van der Waals surface area contributed by atoms with Gasteiger partial charge in [0.05, 0.1) is 11.1 Å². The molecule has 20 heavy (non-hydrogen) atoms. The van der Waals surface area contributed by atoms with Gasteiger partial charge in [-0.25, -0.2) is 19.7 Å². The Balaban J connectivity index is 2.05. The van der Waals surface area contributed by atoms with Gasteiger partial charge in [-0.2, -0.15) is 4.37 Å². The highest BCUT2D eigenvalue weighted by Gasteiger charge is 2.11. The highest BCUT2D eigenvalue weighted by molar-refractivity contribution is 8.01. The summed E-state index contributed by atoms with van der Waals surface area (Å²) in [5, 5.41) is 10.5. The molecule has 3 rings (SSSR count). The first-order valence-corrected chi connectivity index (χ1v) is 7.19. The number of rotatable bonds is 3. The van der Waals surface area contributed by atoms with Gasteiger partial charge in [0, 0.05) is 5.39 Å². The number of aromatic nitrogens is 4. The summed E-state index contributed by atoms with van der Waals surface area (Å²) in [7, 11) is 0. The van der Waals surface area contributed by atoms with Crippen LogP contribution in [-0.2, 0) is 0 Å². The average molecular weight is 304 g/mol. The van der Waals surface area contributed by atoms with E-state index in [1.165, 1.54) is 35.7 Å². The smallest absolute Gasteiger partial charge is 0.335 e. The van der Waals surface area contributed by atoms with Gasteiger partial charge < -0.3 is 5.11 Å². The SMILES string of the molecule is Cc1nsc(Sc2ncnc3cc(C(=O)O)ccc23)n1. The van der Waals surface area contributed by atoms with Crippen molar-refractivity contribution in [1.29, 1.82) is 0 Å².